The molecule has 1 aromatic heterocycles. The van der Waals surface area contributed by atoms with Gasteiger partial charge < -0.3 is 10.1 Å². The number of nitrogens with one attached hydrogen (secondary N) is 1. The summed E-state index contributed by atoms with van der Waals surface area (Å²) in [5, 5.41) is 10.5. The summed E-state index contributed by atoms with van der Waals surface area (Å²) in [5.74, 6) is -0.331. The molecule has 0 bridgehead atoms. The zero-order valence-corrected chi connectivity index (χ0v) is 14.0. The first-order chi connectivity index (χ1) is 11.6. The Bertz CT molecular complexity index is 733. The number of aliphatic hydroxyl groups excluding tert-OH is 1. The number of likely N-dealkylation sites (tertiary alicyclic amines) is 1. The number of carbonyl (C=O) groups is 2. The van der Waals surface area contributed by atoms with E-state index in [2.05, 4.69) is 4.98 Å². The SMILES string of the molecule is CCC(CO)CC1CC(=O)N(CCc2c[nH]c3ccccc23)C1=O. The molecule has 2 heterocycles. The minimum Gasteiger partial charge on any atom is -0.396 e. The van der Waals surface area contributed by atoms with Gasteiger partial charge in [0.2, 0.25) is 11.8 Å². The second kappa shape index (κ2) is 7.18. The van der Waals surface area contributed by atoms with E-state index in [-0.39, 0.29) is 36.7 Å². The number of hydrogen-bond donors (Lipinski definition) is 2. The number of H-pyrrole nitrogens is 1. The van der Waals surface area contributed by atoms with Crippen molar-refractivity contribution in [2.45, 2.75) is 32.6 Å². The number of fused-ring (bicyclic) bond motifs is 1. The Morgan fingerprint density at radius 1 is 1.33 bits per heavy atom. The molecule has 2 N–H and O–H groups in total. The number of amides is 2. The van der Waals surface area contributed by atoms with Gasteiger partial charge in [0.15, 0.2) is 0 Å². The molecular formula is C19H24N2O3. The third kappa shape index (κ3) is 3.22. The number of aliphatic hydroxyl groups is 1. The van der Waals surface area contributed by atoms with Gasteiger partial charge in [-0.15, -0.1) is 0 Å². The Morgan fingerprint density at radius 3 is 2.88 bits per heavy atom. The van der Waals surface area contributed by atoms with Crippen LogP contribution in [-0.4, -0.2) is 40.0 Å². The topological polar surface area (TPSA) is 73.4 Å². The fraction of sp³-hybridized carbons (Fsp3) is 0.474. The molecule has 1 aliphatic rings. The lowest BCUT2D eigenvalue weighted by molar-refractivity contribution is -0.139. The molecule has 24 heavy (non-hydrogen) atoms. The maximum Gasteiger partial charge on any atom is 0.232 e. The van der Waals surface area contributed by atoms with Crippen LogP contribution in [0.25, 0.3) is 10.9 Å². The van der Waals surface area contributed by atoms with Crippen LogP contribution in [0, 0.1) is 11.8 Å². The minimum absolute atomic E-state index is 0.0732. The highest BCUT2D eigenvalue weighted by molar-refractivity contribution is 6.03. The quantitative estimate of drug-likeness (QED) is 0.767. The average molecular weight is 328 g/mol. The monoisotopic (exact) mass is 328 g/mol. The predicted octanol–water partition coefficient (Wildman–Crippen LogP) is 2.49. The third-order valence-corrected chi connectivity index (χ3v) is 5.07. The zero-order chi connectivity index (χ0) is 17.1. The number of para-hydroxylation sites is 1. The molecule has 1 saturated heterocycles. The van der Waals surface area contributed by atoms with E-state index in [1.54, 1.807) is 0 Å². The maximum absolute atomic E-state index is 12.5. The van der Waals surface area contributed by atoms with E-state index in [4.69, 9.17) is 0 Å². The van der Waals surface area contributed by atoms with Crippen LogP contribution < -0.4 is 0 Å². The number of aromatic nitrogens is 1. The van der Waals surface area contributed by atoms with Crippen LogP contribution in [0.5, 0.6) is 0 Å². The van der Waals surface area contributed by atoms with Gasteiger partial charge in [-0.25, -0.2) is 0 Å². The van der Waals surface area contributed by atoms with Crippen molar-refractivity contribution in [2.75, 3.05) is 13.2 Å². The van der Waals surface area contributed by atoms with Gasteiger partial charge in [-0.2, -0.15) is 0 Å². The first-order valence-corrected chi connectivity index (χ1v) is 8.64. The lowest BCUT2D eigenvalue weighted by Crippen LogP contribution is -2.33. The Morgan fingerprint density at radius 2 is 2.12 bits per heavy atom. The Kier molecular flexibility index (Phi) is 5.00. The average Bonchev–Trinajstić information content (AvgIpc) is 3.12. The molecule has 0 aliphatic carbocycles. The largest absolute Gasteiger partial charge is 0.396 e. The Labute approximate surface area is 141 Å². The van der Waals surface area contributed by atoms with Crippen LogP contribution in [-0.2, 0) is 16.0 Å². The van der Waals surface area contributed by atoms with Gasteiger partial charge in [-0.05, 0) is 30.4 Å². The molecule has 1 aliphatic heterocycles. The highest BCUT2D eigenvalue weighted by atomic mass is 16.3. The van der Waals surface area contributed by atoms with Crippen molar-refractivity contribution in [2.24, 2.45) is 11.8 Å². The standard InChI is InChI=1S/C19H24N2O3/c1-2-13(12-22)9-15-10-18(23)21(19(15)24)8-7-14-11-20-17-6-4-3-5-16(14)17/h3-6,11,13,15,20,22H,2,7-10,12H2,1H3. The molecule has 2 atom stereocenters. The first kappa shape index (κ1) is 16.7. The van der Waals surface area contributed by atoms with E-state index in [1.165, 1.54) is 4.90 Å². The Hall–Kier alpha value is -2.14. The molecule has 5 nitrogen and oxygen atoms in total. The van der Waals surface area contributed by atoms with Crippen molar-refractivity contribution >= 4 is 22.7 Å². The van der Waals surface area contributed by atoms with Gasteiger partial charge in [-0.1, -0.05) is 31.5 Å². The number of hydrogen-bond acceptors (Lipinski definition) is 3. The molecule has 128 valence electrons. The van der Waals surface area contributed by atoms with Gasteiger partial charge in [0.05, 0.1) is 0 Å². The predicted molar refractivity (Wildman–Crippen MR) is 92.3 cm³/mol. The second-order valence-electron chi connectivity index (χ2n) is 6.59. The summed E-state index contributed by atoms with van der Waals surface area (Å²) < 4.78 is 0. The summed E-state index contributed by atoms with van der Waals surface area (Å²) in [7, 11) is 0. The third-order valence-electron chi connectivity index (χ3n) is 5.07. The second-order valence-corrected chi connectivity index (χ2v) is 6.59. The molecule has 1 fully saturated rings. The van der Waals surface area contributed by atoms with Crippen LogP contribution in [0.3, 0.4) is 0 Å². The molecule has 0 spiro atoms. The Balaban J connectivity index is 1.65. The van der Waals surface area contributed by atoms with Crippen molar-refractivity contribution in [1.29, 1.82) is 0 Å². The van der Waals surface area contributed by atoms with Crippen molar-refractivity contribution in [1.82, 2.24) is 9.88 Å². The molecule has 2 unspecified atom stereocenters. The summed E-state index contributed by atoms with van der Waals surface area (Å²) >= 11 is 0. The van der Waals surface area contributed by atoms with Crippen LogP contribution >= 0.6 is 0 Å². The summed E-state index contributed by atoms with van der Waals surface area (Å²) in [6, 6.07) is 8.03. The fourth-order valence-electron chi connectivity index (χ4n) is 3.51. The van der Waals surface area contributed by atoms with Crippen LogP contribution in [0.2, 0.25) is 0 Å². The minimum atomic E-state index is -0.266. The normalized spacial score (nSPS) is 19.4. The summed E-state index contributed by atoms with van der Waals surface area (Å²) in [4.78, 5) is 29.4. The van der Waals surface area contributed by atoms with Crippen molar-refractivity contribution in [3.05, 3.63) is 36.0 Å². The molecule has 5 heteroatoms. The van der Waals surface area contributed by atoms with E-state index >= 15 is 0 Å². The summed E-state index contributed by atoms with van der Waals surface area (Å²) in [5.41, 5.74) is 2.19. The molecular weight excluding hydrogens is 304 g/mol. The smallest absolute Gasteiger partial charge is 0.232 e. The van der Waals surface area contributed by atoms with Crippen LogP contribution in [0.15, 0.2) is 30.5 Å². The molecule has 0 radical (unpaired) electrons. The number of rotatable bonds is 7. The zero-order valence-electron chi connectivity index (χ0n) is 14.0. The van der Waals surface area contributed by atoms with E-state index in [0.717, 1.165) is 22.9 Å². The summed E-state index contributed by atoms with van der Waals surface area (Å²) in [6.07, 6.45) is 4.31. The lowest BCUT2D eigenvalue weighted by Gasteiger charge is -2.17. The molecule has 2 aromatic rings. The summed E-state index contributed by atoms with van der Waals surface area (Å²) in [6.45, 7) is 2.49. The van der Waals surface area contributed by atoms with Crippen molar-refractivity contribution in [3.8, 4) is 0 Å². The number of imide groups is 1. The van der Waals surface area contributed by atoms with E-state index < -0.39 is 0 Å². The number of aromatic amines is 1. The molecule has 1 aromatic carbocycles. The highest BCUT2D eigenvalue weighted by Crippen LogP contribution is 2.28. The first-order valence-electron chi connectivity index (χ1n) is 8.64. The van der Waals surface area contributed by atoms with Crippen molar-refractivity contribution in [3.63, 3.8) is 0 Å². The van der Waals surface area contributed by atoms with E-state index in [0.29, 0.717) is 19.4 Å². The lowest BCUT2D eigenvalue weighted by atomic mass is 9.92. The molecule has 0 saturated carbocycles. The molecule has 3 rings (SSSR count). The molecule has 2 amide bonds. The van der Waals surface area contributed by atoms with E-state index in [9.17, 15) is 14.7 Å². The van der Waals surface area contributed by atoms with Gasteiger partial charge in [0, 0.05) is 42.6 Å². The van der Waals surface area contributed by atoms with E-state index in [1.807, 2.05) is 37.4 Å². The van der Waals surface area contributed by atoms with Crippen LogP contribution in [0.4, 0.5) is 0 Å². The van der Waals surface area contributed by atoms with Crippen molar-refractivity contribution < 1.29 is 14.7 Å². The fourth-order valence-corrected chi connectivity index (χ4v) is 3.51. The number of nitrogens with zero attached hydrogens (tertiary/aromatic N) is 1. The number of benzene rings is 1. The highest BCUT2D eigenvalue weighted by Gasteiger charge is 2.38. The van der Waals surface area contributed by atoms with Gasteiger partial charge in [0.1, 0.15) is 0 Å². The maximum atomic E-state index is 12.5. The van der Waals surface area contributed by atoms with Gasteiger partial charge in [-0.3, -0.25) is 14.5 Å². The van der Waals surface area contributed by atoms with Gasteiger partial charge in [0.25, 0.3) is 0 Å². The van der Waals surface area contributed by atoms with Crippen LogP contribution in [0.1, 0.15) is 31.7 Å². The number of carbonyl (C=O) groups excluding carboxylic acids is 2. The van der Waals surface area contributed by atoms with Gasteiger partial charge >= 0.3 is 0 Å².